The molecule has 0 aliphatic carbocycles. The van der Waals surface area contributed by atoms with E-state index in [-0.39, 0.29) is 11.3 Å². The van der Waals surface area contributed by atoms with Crippen molar-refractivity contribution >= 4 is 58.0 Å². The highest BCUT2D eigenvalue weighted by Gasteiger charge is 2.19. The quantitative estimate of drug-likeness (QED) is 0.501. The Morgan fingerprint density at radius 1 is 1.08 bits per heavy atom. The van der Waals surface area contributed by atoms with Crippen LogP contribution in [-0.4, -0.2) is 20.9 Å². The van der Waals surface area contributed by atoms with Crippen LogP contribution >= 0.6 is 46.4 Å². The zero-order valence-corrected chi connectivity index (χ0v) is 15.9. The number of H-pyrrole nitrogens is 1. The lowest BCUT2D eigenvalue weighted by atomic mass is 10.1. The van der Waals surface area contributed by atoms with Crippen molar-refractivity contribution in [1.82, 2.24) is 10.2 Å². The number of hydrogen-bond acceptors (Lipinski definition) is 2. The van der Waals surface area contributed by atoms with E-state index >= 15 is 0 Å². The minimum Gasteiger partial charge on any atom is -0.323 e. The van der Waals surface area contributed by atoms with Crippen LogP contribution in [0.4, 0.5) is 10.1 Å². The van der Waals surface area contributed by atoms with Gasteiger partial charge in [-0.15, -0.1) is 0 Å². The Morgan fingerprint density at radius 3 is 2.38 bits per heavy atom. The number of rotatable bonds is 4. The van der Waals surface area contributed by atoms with Gasteiger partial charge in [-0.2, -0.15) is 5.10 Å². The summed E-state index contributed by atoms with van der Waals surface area (Å²) in [6.07, 6.45) is 0. The maximum Gasteiger partial charge on any atom is 0.257 e. The van der Waals surface area contributed by atoms with Crippen molar-refractivity contribution in [3.63, 3.8) is 0 Å². The van der Waals surface area contributed by atoms with E-state index in [4.69, 9.17) is 46.4 Å². The molecule has 1 amide bonds. The lowest BCUT2D eigenvalue weighted by Crippen LogP contribution is -2.19. The summed E-state index contributed by atoms with van der Waals surface area (Å²) in [7, 11) is 0. The van der Waals surface area contributed by atoms with Gasteiger partial charge in [-0.25, -0.2) is 4.39 Å². The van der Waals surface area contributed by atoms with Crippen molar-refractivity contribution in [2.45, 2.75) is 4.84 Å². The van der Waals surface area contributed by atoms with Gasteiger partial charge >= 0.3 is 0 Å². The van der Waals surface area contributed by atoms with E-state index < -0.39 is 16.6 Å². The van der Waals surface area contributed by atoms with Crippen molar-refractivity contribution in [3.8, 4) is 22.5 Å². The first-order valence-electron chi connectivity index (χ1n) is 7.26. The molecule has 0 fully saturated rings. The molecule has 2 N–H and O–H groups in total. The molecule has 134 valence electrons. The average molecular weight is 433 g/mol. The van der Waals surface area contributed by atoms with E-state index in [0.717, 1.165) is 0 Å². The van der Waals surface area contributed by atoms with E-state index in [1.54, 1.807) is 24.3 Å². The number of aromatic nitrogens is 2. The van der Waals surface area contributed by atoms with Crippen LogP contribution in [0.25, 0.3) is 22.5 Å². The van der Waals surface area contributed by atoms with Gasteiger partial charge < -0.3 is 5.32 Å². The van der Waals surface area contributed by atoms with Crippen LogP contribution in [0.2, 0.25) is 10.0 Å². The van der Waals surface area contributed by atoms with Crippen LogP contribution in [0.3, 0.4) is 0 Å². The fraction of sp³-hybridized carbons (Fsp3) is 0.0588. The molecule has 0 saturated carbocycles. The van der Waals surface area contributed by atoms with Gasteiger partial charge in [-0.3, -0.25) is 9.89 Å². The second-order valence-corrected chi connectivity index (χ2v) is 7.13. The maximum absolute atomic E-state index is 14.4. The van der Waals surface area contributed by atoms with Crippen molar-refractivity contribution in [3.05, 3.63) is 58.3 Å². The fourth-order valence-corrected chi connectivity index (χ4v) is 3.11. The lowest BCUT2D eigenvalue weighted by Gasteiger charge is -2.11. The third-order valence-corrected chi connectivity index (χ3v) is 4.56. The van der Waals surface area contributed by atoms with Gasteiger partial charge in [0.05, 0.1) is 32.7 Å². The minimum absolute atomic E-state index is 0.108. The van der Waals surface area contributed by atoms with Crippen LogP contribution in [0, 0.1) is 5.82 Å². The summed E-state index contributed by atoms with van der Waals surface area (Å²) in [5, 5.41) is 10.2. The van der Waals surface area contributed by atoms with E-state index in [0.29, 0.717) is 27.0 Å². The molecule has 4 nitrogen and oxygen atoms in total. The molecule has 26 heavy (non-hydrogen) atoms. The number of hydrogen-bond donors (Lipinski definition) is 2. The summed E-state index contributed by atoms with van der Waals surface area (Å²) in [5.41, 5.74) is 1.58. The summed E-state index contributed by atoms with van der Waals surface area (Å²) in [5.74, 6) is -1.24. The van der Waals surface area contributed by atoms with Crippen molar-refractivity contribution in [1.29, 1.82) is 0 Å². The highest BCUT2D eigenvalue weighted by Crippen LogP contribution is 2.37. The molecule has 9 heteroatoms. The SMILES string of the molecule is O=C(Nc1cccc(F)c1-c1cc(-c2c(Cl)cccc2Cl)n[nH]1)C(Cl)Cl. The van der Waals surface area contributed by atoms with Crippen LogP contribution in [-0.2, 0) is 4.79 Å². The van der Waals surface area contributed by atoms with E-state index in [1.165, 1.54) is 18.2 Å². The number of amides is 1. The molecule has 0 spiro atoms. The number of aromatic amines is 1. The number of nitrogens with one attached hydrogen (secondary N) is 2. The zero-order chi connectivity index (χ0) is 18.8. The molecular weight excluding hydrogens is 423 g/mol. The molecule has 1 aromatic heterocycles. The topological polar surface area (TPSA) is 57.8 Å². The van der Waals surface area contributed by atoms with Gasteiger partial charge in [0.15, 0.2) is 4.84 Å². The molecule has 0 bridgehead atoms. The third kappa shape index (κ3) is 3.81. The second kappa shape index (κ2) is 7.84. The number of anilines is 1. The zero-order valence-electron chi connectivity index (χ0n) is 12.9. The number of alkyl halides is 2. The normalized spacial score (nSPS) is 11.0. The smallest absolute Gasteiger partial charge is 0.257 e. The number of benzene rings is 2. The Labute approximate surface area is 168 Å². The first-order valence-corrected chi connectivity index (χ1v) is 8.89. The highest BCUT2D eigenvalue weighted by molar-refractivity contribution is 6.54. The molecule has 3 aromatic rings. The molecule has 1 heterocycles. The summed E-state index contributed by atoms with van der Waals surface area (Å²) in [6.45, 7) is 0. The first kappa shape index (κ1) is 19.0. The number of halogens is 5. The first-order chi connectivity index (χ1) is 12.4. The third-order valence-electron chi connectivity index (χ3n) is 3.54. The Bertz CT molecular complexity index is 954. The van der Waals surface area contributed by atoms with Crippen LogP contribution in [0.5, 0.6) is 0 Å². The van der Waals surface area contributed by atoms with Gasteiger partial charge in [0, 0.05) is 5.56 Å². The van der Waals surface area contributed by atoms with Crippen LogP contribution in [0.1, 0.15) is 0 Å². The Morgan fingerprint density at radius 2 is 1.73 bits per heavy atom. The van der Waals surface area contributed by atoms with Gasteiger partial charge in [-0.05, 0) is 30.3 Å². The van der Waals surface area contributed by atoms with Crippen LogP contribution in [0.15, 0.2) is 42.5 Å². The molecule has 0 saturated heterocycles. The van der Waals surface area contributed by atoms with Crippen molar-refractivity contribution in [2.24, 2.45) is 0 Å². The largest absolute Gasteiger partial charge is 0.323 e. The fourth-order valence-electron chi connectivity index (χ4n) is 2.41. The standard InChI is InChI=1S/C17H10Cl4FN3O/c18-8-3-1-4-9(19)14(8)12-7-13(25-24-12)15-10(22)5-2-6-11(15)23-17(26)16(20)21/h1-7,16H,(H,23,26)(H,24,25). The molecular formula is C17H10Cl4FN3O. The molecule has 3 rings (SSSR count). The van der Waals surface area contributed by atoms with Gasteiger partial charge in [0.25, 0.3) is 5.91 Å². The number of carbonyl (C=O) groups excluding carboxylic acids is 1. The summed E-state index contributed by atoms with van der Waals surface area (Å²) in [6, 6.07) is 10.9. The molecule has 0 aliphatic rings. The molecule has 2 aromatic carbocycles. The van der Waals surface area contributed by atoms with E-state index in [2.05, 4.69) is 15.5 Å². The predicted molar refractivity (Wildman–Crippen MR) is 104 cm³/mol. The monoisotopic (exact) mass is 431 g/mol. The maximum atomic E-state index is 14.4. The lowest BCUT2D eigenvalue weighted by molar-refractivity contribution is -0.114. The molecule has 0 unspecified atom stereocenters. The summed E-state index contributed by atoms with van der Waals surface area (Å²) in [4.78, 5) is 10.5. The molecule has 0 atom stereocenters. The van der Waals surface area contributed by atoms with E-state index in [9.17, 15) is 9.18 Å². The molecule has 0 aliphatic heterocycles. The second-order valence-electron chi connectivity index (χ2n) is 5.22. The van der Waals surface area contributed by atoms with Crippen molar-refractivity contribution in [2.75, 3.05) is 5.32 Å². The van der Waals surface area contributed by atoms with Gasteiger partial charge in [0.1, 0.15) is 5.82 Å². The predicted octanol–water partition coefficient (Wildman–Crippen LogP) is 5.93. The highest BCUT2D eigenvalue weighted by atomic mass is 35.5. The Hall–Kier alpha value is -1.79. The Kier molecular flexibility index (Phi) is 5.73. The van der Waals surface area contributed by atoms with E-state index in [1.807, 2.05) is 0 Å². The average Bonchev–Trinajstić information content (AvgIpc) is 3.03. The van der Waals surface area contributed by atoms with Crippen molar-refractivity contribution < 1.29 is 9.18 Å². The summed E-state index contributed by atoms with van der Waals surface area (Å²) >= 11 is 23.5. The number of carbonyl (C=O) groups is 1. The van der Waals surface area contributed by atoms with Crippen LogP contribution < -0.4 is 5.32 Å². The number of nitrogens with zero attached hydrogens (tertiary/aromatic N) is 1. The Balaban J connectivity index is 2.06. The minimum atomic E-state index is -1.29. The van der Waals surface area contributed by atoms with Gasteiger partial charge in [-0.1, -0.05) is 58.5 Å². The van der Waals surface area contributed by atoms with Gasteiger partial charge in [0.2, 0.25) is 0 Å². The molecule has 0 radical (unpaired) electrons. The summed E-state index contributed by atoms with van der Waals surface area (Å²) < 4.78 is 14.4.